The number of piperidine rings is 1. The van der Waals surface area contributed by atoms with Crippen LogP contribution in [0.5, 0.6) is 0 Å². The van der Waals surface area contributed by atoms with Crippen molar-refractivity contribution < 1.29 is 0 Å². The highest BCUT2D eigenvalue weighted by Crippen LogP contribution is 2.08. The number of hydrogen-bond acceptors (Lipinski definition) is 3. The molecule has 1 N–H and O–H groups in total. The highest BCUT2D eigenvalue weighted by Gasteiger charge is 2.08. The zero-order chi connectivity index (χ0) is 11.2. The third-order valence-corrected chi connectivity index (χ3v) is 3.10. The first-order chi connectivity index (χ1) is 7.84. The van der Waals surface area contributed by atoms with Crippen LogP contribution >= 0.6 is 0 Å². The van der Waals surface area contributed by atoms with Crippen LogP contribution in [0, 0.1) is 6.92 Å². The van der Waals surface area contributed by atoms with Crippen molar-refractivity contribution in [3.63, 3.8) is 0 Å². The molecule has 0 aromatic carbocycles. The molecule has 1 aromatic rings. The van der Waals surface area contributed by atoms with Crippen molar-refractivity contribution in [3.8, 4) is 0 Å². The maximum absolute atomic E-state index is 4.29. The Labute approximate surface area is 97.9 Å². The van der Waals surface area contributed by atoms with Crippen LogP contribution in [0.3, 0.4) is 0 Å². The molecule has 0 radical (unpaired) electrons. The Morgan fingerprint density at radius 2 is 2.12 bits per heavy atom. The minimum atomic E-state index is 0.996. The van der Waals surface area contributed by atoms with E-state index in [9.17, 15) is 0 Å². The lowest BCUT2D eigenvalue weighted by Gasteiger charge is -2.26. The fourth-order valence-electron chi connectivity index (χ4n) is 2.16. The van der Waals surface area contributed by atoms with Crippen LogP contribution in [0.4, 0.5) is 5.82 Å². The van der Waals surface area contributed by atoms with Crippen molar-refractivity contribution in [1.82, 2.24) is 9.88 Å². The maximum Gasteiger partial charge on any atom is 0.126 e. The Bertz CT molecular complexity index is 319. The predicted octanol–water partition coefficient (Wildman–Crippen LogP) is 2.29. The molecule has 0 amide bonds. The summed E-state index contributed by atoms with van der Waals surface area (Å²) in [7, 11) is 0. The zero-order valence-corrected chi connectivity index (χ0v) is 10.1. The number of aromatic nitrogens is 1. The molecule has 1 fully saturated rings. The Kier molecular flexibility index (Phi) is 4.17. The summed E-state index contributed by atoms with van der Waals surface area (Å²) < 4.78 is 0. The van der Waals surface area contributed by atoms with Gasteiger partial charge in [0.25, 0.3) is 0 Å². The van der Waals surface area contributed by atoms with Crippen LogP contribution in [-0.2, 0) is 0 Å². The van der Waals surface area contributed by atoms with Crippen LogP contribution in [0.1, 0.15) is 24.8 Å². The van der Waals surface area contributed by atoms with Gasteiger partial charge in [0, 0.05) is 19.3 Å². The highest BCUT2D eigenvalue weighted by atomic mass is 15.1. The van der Waals surface area contributed by atoms with E-state index in [0.717, 1.165) is 18.9 Å². The van der Waals surface area contributed by atoms with Gasteiger partial charge in [-0.05, 0) is 50.6 Å². The fourth-order valence-corrected chi connectivity index (χ4v) is 2.16. The molecule has 2 rings (SSSR count). The summed E-state index contributed by atoms with van der Waals surface area (Å²) in [6.07, 6.45) is 5.99. The lowest BCUT2D eigenvalue weighted by atomic mass is 10.1. The molecule has 1 saturated heterocycles. The number of nitrogens with zero attached hydrogens (tertiary/aromatic N) is 2. The second-order valence-corrected chi connectivity index (χ2v) is 4.55. The van der Waals surface area contributed by atoms with Gasteiger partial charge < -0.3 is 10.2 Å². The molecular weight excluding hydrogens is 198 g/mol. The first-order valence-electron chi connectivity index (χ1n) is 6.23. The third kappa shape index (κ3) is 3.49. The van der Waals surface area contributed by atoms with E-state index in [1.54, 1.807) is 0 Å². The number of hydrogen-bond donors (Lipinski definition) is 1. The molecule has 0 bridgehead atoms. The average molecular weight is 219 g/mol. The molecular formula is C13H21N3. The predicted molar refractivity (Wildman–Crippen MR) is 67.8 cm³/mol. The Morgan fingerprint density at radius 1 is 1.31 bits per heavy atom. The number of nitrogens with one attached hydrogen (secondary N) is 1. The summed E-state index contributed by atoms with van der Waals surface area (Å²) in [6, 6.07) is 4.12. The monoisotopic (exact) mass is 219 g/mol. The number of pyridine rings is 1. The molecule has 2 heterocycles. The molecule has 0 atom stereocenters. The summed E-state index contributed by atoms with van der Waals surface area (Å²) in [5.74, 6) is 0.997. The number of anilines is 1. The van der Waals surface area contributed by atoms with Crippen molar-refractivity contribution in [1.29, 1.82) is 0 Å². The molecule has 0 spiro atoms. The van der Waals surface area contributed by atoms with E-state index in [0.29, 0.717) is 0 Å². The van der Waals surface area contributed by atoms with Crippen molar-refractivity contribution in [2.75, 3.05) is 31.5 Å². The fraction of sp³-hybridized carbons (Fsp3) is 0.615. The highest BCUT2D eigenvalue weighted by molar-refractivity contribution is 5.36. The molecule has 1 aliphatic rings. The van der Waals surface area contributed by atoms with Crippen molar-refractivity contribution in [2.45, 2.75) is 26.2 Å². The molecule has 0 aliphatic carbocycles. The van der Waals surface area contributed by atoms with E-state index in [1.807, 2.05) is 12.3 Å². The summed E-state index contributed by atoms with van der Waals surface area (Å²) in [5.41, 5.74) is 1.26. The van der Waals surface area contributed by atoms with Crippen LogP contribution in [0.2, 0.25) is 0 Å². The van der Waals surface area contributed by atoms with Crippen LogP contribution < -0.4 is 5.32 Å². The summed E-state index contributed by atoms with van der Waals surface area (Å²) in [5, 5.41) is 3.38. The van der Waals surface area contributed by atoms with Gasteiger partial charge in [-0.3, -0.25) is 0 Å². The van der Waals surface area contributed by atoms with E-state index in [-0.39, 0.29) is 0 Å². The van der Waals surface area contributed by atoms with E-state index in [1.165, 1.54) is 37.9 Å². The van der Waals surface area contributed by atoms with Crippen LogP contribution in [0.15, 0.2) is 18.3 Å². The van der Waals surface area contributed by atoms with E-state index in [4.69, 9.17) is 0 Å². The Hall–Kier alpha value is -1.09. The van der Waals surface area contributed by atoms with Gasteiger partial charge >= 0.3 is 0 Å². The molecule has 1 aliphatic heterocycles. The first kappa shape index (κ1) is 11.4. The van der Waals surface area contributed by atoms with Gasteiger partial charge in [0.1, 0.15) is 5.82 Å². The van der Waals surface area contributed by atoms with Gasteiger partial charge in [-0.15, -0.1) is 0 Å². The van der Waals surface area contributed by atoms with E-state index in [2.05, 4.69) is 28.2 Å². The van der Waals surface area contributed by atoms with Gasteiger partial charge in [-0.25, -0.2) is 4.98 Å². The lowest BCUT2D eigenvalue weighted by molar-refractivity contribution is 0.237. The zero-order valence-electron chi connectivity index (χ0n) is 10.1. The molecule has 0 unspecified atom stereocenters. The summed E-state index contributed by atoms with van der Waals surface area (Å²) in [6.45, 7) is 6.76. The molecule has 3 heteroatoms. The molecule has 3 nitrogen and oxygen atoms in total. The van der Waals surface area contributed by atoms with Crippen LogP contribution in [-0.4, -0.2) is 36.1 Å². The minimum Gasteiger partial charge on any atom is -0.369 e. The van der Waals surface area contributed by atoms with Crippen molar-refractivity contribution in [2.24, 2.45) is 0 Å². The van der Waals surface area contributed by atoms with Crippen LogP contribution in [0.25, 0.3) is 0 Å². The van der Waals surface area contributed by atoms with E-state index >= 15 is 0 Å². The largest absolute Gasteiger partial charge is 0.369 e. The number of likely N-dealkylation sites (tertiary alicyclic amines) is 1. The topological polar surface area (TPSA) is 28.2 Å². The molecule has 88 valence electrons. The molecule has 16 heavy (non-hydrogen) atoms. The van der Waals surface area contributed by atoms with Gasteiger partial charge in [0.05, 0.1) is 0 Å². The summed E-state index contributed by atoms with van der Waals surface area (Å²) in [4.78, 5) is 6.83. The lowest BCUT2D eigenvalue weighted by Crippen LogP contribution is -2.33. The Balaban J connectivity index is 1.71. The van der Waals surface area contributed by atoms with E-state index < -0.39 is 0 Å². The Morgan fingerprint density at radius 3 is 2.88 bits per heavy atom. The third-order valence-electron chi connectivity index (χ3n) is 3.10. The number of aryl methyl sites for hydroxylation is 1. The average Bonchev–Trinajstić information content (AvgIpc) is 2.30. The minimum absolute atomic E-state index is 0.996. The standard InChI is InChI=1S/C13H21N3/c1-12-5-6-14-13(11-12)15-7-10-16-8-3-2-4-9-16/h5-6,11H,2-4,7-10H2,1H3,(H,14,15). The molecule has 1 aromatic heterocycles. The second-order valence-electron chi connectivity index (χ2n) is 4.55. The normalized spacial score (nSPS) is 17.3. The van der Waals surface area contributed by atoms with Gasteiger partial charge in [0.2, 0.25) is 0 Å². The van der Waals surface area contributed by atoms with Gasteiger partial charge in [-0.2, -0.15) is 0 Å². The number of rotatable bonds is 4. The smallest absolute Gasteiger partial charge is 0.126 e. The van der Waals surface area contributed by atoms with Crippen molar-refractivity contribution >= 4 is 5.82 Å². The maximum atomic E-state index is 4.29. The quantitative estimate of drug-likeness (QED) is 0.842. The first-order valence-corrected chi connectivity index (χ1v) is 6.23. The summed E-state index contributed by atoms with van der Waals surface area (Å²) >= 11 is 0. The van der Waals surface area contributed by atoms with Gasteiger partial charge in [0.15, 0.2) is 0 Å². The SMILES string of the molecule is Cc1ccnc(NCCN2CCCCC2)c1. The second kappa shape index (κ2) is 5.85. The van der Waals surface area contributed by atoms with Gasteiger partial charge in [-0.1, -0.05) is 6.42 Å². The van der Waals surface area contributed by atoms with Crippen molar-refractivity contribution in [3.05, 3.63) is 23.9 Å². The molecule has 0 saturated carbocycles.